The summed E-state index contributed by atoms with van der Waals surface area (Å²) >= 11 is 6.00. The zero-order valence-electron chi connectivity index (χ0n) is 14.5. The van der Waals surface area contributed by atoms with Gasteiger partial charge in [0.15, 0.2) is 0 Å². The van der Waals surface area contributed by atoms with E-state index < -0.39 is 0 Å². The van der Waals surface area contributed by atoms with Crippen molar-refractivity contribution in [1.29, 1.82) is 0 Å². The smallest absolute Gasteiger partial charge is 0.320 e. The molecule has 0 unspecified atom stereocenters. The monoisotopic (exact) mass is 363 g/mol. The molecule has 0 aromatic heterocycles. The number of amides is 3. The van der Waals surface area contributed by atoms with E-state index in [0.29, 0.717) is 30.6 Å². The number of hydrogen-bond donors (Lipinski definition) is 1. The Bertz CT molecular complexity index is 616. The van der Waals surface area contributed by atoms with E-state index >= 15 is 0 Å². The number of benzene rings is 1. The van der Waals surface area contributed by atoms with Crippen molar-refractivity contribution >= 4 is 23.5 Å². The molecule has 1 aliphatic carbocycles. The highest BCUT2D eigenvalue weighted by atomic mass is 35.5. The summed E-state index contributed by atoms with van der Waals surface area (Å²) in [6.45, 7) is 2.65. The van der Waals surface area contributed by atoms with Crippen LogP contribution in [-0.2, 0) is 11.3 Å². The molecule has 6 heteroatoms. The Morgan fingerprint density at radius 1 is 1.16 bits per heavy atom. The van der Waals surface area contributed by atoms with Crippen LogP contribution in [0.15, 0.2) is 24.3 Å². The van der Waals surface area contributed by atoms with Gasteiger partial charge in [-0.25, -0.2) is 4.79 Å². The fraction of sp³-hybridized carbons (Fsp3) is 0.579. The molecule has 0 bridgehead atoms. The second kappa shape index (κ2) is 8.56. The van der Waals surface area contributed by atoms with Gasteiger partial charge in [0.1, 0.15) is 6.54 Å². The van der Waals surface area contributed by atoms with E-state index in [-0.39, 0.29) is 18.5 Å². The Kier molecular flexibility index (Phi) is 6.19. The molecule has 0 spiro atoms. The Morgan fingerprint density at radius 2 is 1.92 bits per heavy atom. The van der Waals surface area contributed by atoms with Gasteiger partial charge in [0.05, 0.1) is 0 Å². The molecule has 1 aliphatic heterocycles. The summed E-state index contributed by atoms with van der Waals surface area (Å²) in [4.78, 5) is 28.0. The first-order chi connectivity index (χ1) is 12.1. The van der Waals surface area contributed by atoms with Crippen molar-refractivity contribution in [3.8, 4) is 0 Å². The van der Waals surface area contributed by atoms with Gasteiger partial charge >= 0.3 is 6.03 Å². The fourth-order valence-electron chi connectivity index (χ4n) is 3.66. The van der Waals surface area contributed by atoms with Crippen LogP contribution in [0.2, 0.25) is 5.02 Å². The molecule has 5 nitrogen and oxygen atoms in total. The number of carbonyl (C=O) groups excluding carboxylic acids is 2. The van der Waals surface area contributed by atoms with Gasteiger partial charge < -0.3 is 15.1 Å². The number of halogens is 1. The quantitative estimate of drug-likeness (QED) is 0.843. The average molecular weight is 364 g/mol. The Balaban J connectivity index is 1.44. The molecule has 0 radical (unpaired) electrons. The van der Waals surface area contributed by atoms with Crippen LogP contribution < -0.4 is 5.32 Å². The standard InChI is InChI=1S/C19H26ClN3O2/c20-17-8-4-7-16(11-17)13-22-9-10-23(19(22)25)14-18(24)21-12-15-5-2-1-3-6-15/h4,7-8,11,15H,1-3,5-6,9-10,12-14H2,(H,21,24). The average Bonchev–Trinajstić information content (AvgIpc) is 2.94. The minimum Gasteiger partial charge on any atom is -0.354 e. The summed E-state index contributed by atoms with van der Waals surface area (Å²) in [5.74, 6) is 0.551. The van der Waals surface area contributed by atoms with Crippen LogP contribution in [0.3, 0.4) is 0 Å². The Hall–Kier alpha value is -1.75. The Morgan fingerprint density at radius 3 is 2.68 bits per heavy atom. The highest BCUT2D eigenvalue weighted by Crippen LogP contribution is 2.22. The lowest BCUT2D eigenvalue weighted by Gasteiger charge is -2.23. The zero-order chi connectivity index (χ0) is 17.6. The topological polar surface area (TPSA) is 52.7 Å². The van der Waals surface area contributed by atoms with Crippen molar-refractivity contribution in [1.82, 2.24) is 15.1 Å². The number of nitrogens with zero attached hydrogens (tertiary/aromatic N) is 2. The van der Waals surface area contributed by atoms with Crippen molar-refractivity contribution in [2.45, 2.75) is 38.6 Å². The first-order valence-electron chi connectivity index (χ1n) is 9.17. The van der Waals surface area contributed by atoms with E-state index in [0.717, 1.165) is 12.1 Å². The lowest BCUT2D eigenvalue weighted by Crippen LogP contribution is -2.41. The van der Waals surface area contributed by atoms with Crippen LogP contribution in [0.25, 0.3) is 0 Å². The van der Waals surface area contributed by atoms with Crippen molar-refractivity contribution in [3.63, 3.8) is 0 Å². The summed E-state index contributed by atoms with van der Waals surface area (Å²) < 4.78 is 0. The molecule has 1 aromatic carbocycles. The number of urea groups is 1. The summed E-state index contributed by atoms with van der Waals surface area (Å²) in [5, 5.41) is 3.67. The molecular formula is C19H26ClN3O2. The highest BCUT2D eigenvalue weighted by Gasteiger charge is 2.29. The van der Waals surface area contributed by atoms with Crippen molar-refractivity contribution in [2.24, 2.45) is 5.92 Å². The van der Waals surface area contributed by atoms with E-state index in [1.165, 1.54) is 32.1 Å². The summed E-state index contributed by atoms with van der Waals surface area (Å²) in [6.07, 6.45) is 6.26. The maximum Gasteiger partial charge on any atom is 0.320 e. The zero-order valence-corrected chi connectivity index (χ0v) is 15.3. The molecule has 25 heavy (non-hydrogen) atoms. The molecule has 2 aliphatic rings. The first kappa shape index (κ1) is 18.1. The molecule has 1 aromatic rings. The van der Waals surface area contributed by atoms with Gasteiger partial charge in [-0.1, -0.05) is 43.0 Å². The third-order valence-corrected chi connectivity index (χ3v) is 5.33. The minimum absolute atomic E-state index is 0.0523. The molecule has 1 saturated heterocycles. The molecule has 136 valence electrons. The largest absolute Gasteiger partial charge is 0.354 e. The van der Waals surface area contributed by atoms with E-state index in [1.807, 2.05) is 24.3 Å². The third kappa shape index (κ3) is 5.11. The van der Waals surface area contributed by atoms with E-state index in [2.05, 4.69) is 5.32 Å². The van der Waals surface area contributed by atoms with Gasteiger partial charge in [-0.2, -0.15) is 0 Å². The predicted octanol–water partition coefficient (Wildman–Crippen LogP) is 3.27. The van der Waals surface area contributed by atoms with Crippen LogP contribution in [0.5, 0.6) is 0 Å². The lowest BCUT2D eigenvalue weighted by molar-refractivity contribution is -0.121. The van der Waals surface area contributed by atoms with Crippen molar-refractivity contribution < 1.29 is 9.59 Å². The molecule has 3 rings (SSSR count). The highest BCUT2D eigenvalue weighted by molar-refractivity contribution is 6.30. The van der Waals surface area contributed by atoms with Gasteiger partial charge in [0.2, 0.25) is 5.91 Å². The summed E-state index contributed by atoms with van der Waals surface area (Å²) in [7, 11) is 0. The van der Waals surface area contributed by atoms with Crippen LogP contribution >= 0.6 is 11.6 Å². The van der Waals surface area contributed by atoms with E-state index in [4.69, 9.17) is 11.6 Å². The molecule has 1 heterocycles. The second-order valence-corrected chi connectivity index (χ2v) is 7.50. The van der Waals surface area contributed by atoms with Gasteiger partial charge in [-0.15, -0.1) is 0 Å². The van der Waals surface area contributed by atoms with E-state index in [9.17, 15) is 9.59 Å². The van der Waals surface area contributed by atoms with Gasteiger partial charge in [0, 0.05) is 31.2 Å². The first-order valence-corrected chi connectivity index (χ1v) is 9.54. The second-order valence-electron chi connectivity index (χ2n) is 7.06. The molecule has 1 N–H and O–H groups in total. The minimum atomic E-state index is -0.0761. The number of rotatable bonds is 6. The van der Waals surface area contributed by atoms with E-state index in [1.54, 1.807) is 9.80 Å². The normalized spacial score (nSPS) is 18.7. The molecule has 0 atom stereocenters. The maximum absolute atomic E-state index is 12.5. The van der Waals surface area contributed by atoms with Crippen molar-refractivity contribution in [3.05, 3.63) is 34.9 Å². The molecule has 2 fully saturated rings. The van der Waals surface area contributed by atoms with Gasteiger partial charge in [-0.05, 0) is 36.5 Å². The molecule has 3 amide bonds. The third-order valence-electron chi connectivity index (χ3n) is 5.09. The molecular weight excluding hydrogens is 338 g/mol. The number of nitrogens with one attached hydrogen (secondary N) is 1. The van der Waals surface area contributed by atoms with Crippen molar-refractivity contribution in [2.75, 3.05) is 26.2 Å². The predicted molar refractivity (Wildman–Crippen MR) is 98.4 cm³/mol. The number of carbonyl (C=O) groups is 2. The van der Waals surface area contributed by atoms with Crippen LogP contribution in [-0.4, -0.2) is 47.9 Å². The lowest BCUT2D eigenvalue weighted by atomic mass is 9.89. The fourth-order valence-corrected chi connectivity index (χ4v) is 3.87. The number of hydrogen-bond acceptors (Lipinski definition) is 2. The summed E-state index contributed by atoms with van der Waals surface area (Å²) in [5.41, 5.74) is 1.00. The van der Waals surface area contributed by atoms with Gasteiger partial charge in [0.25, 0.3) is 0 Å². The Labute approximate surface area is 154 Å². The van der Waals surface area contributed by atoms with Crippen LogP contribution in [0.4, 0.5) is 4.79 Å². The molecule has 1 saturated carbocycles. The van der Waals surface area contributed by atoms with Crippen LogP contribution in [0, 0.1) is 5.92 Å². The maximum atomic E-state index is 12.5. The van der Waals surface area contributed by atoms with Gasteiger partial charge in [-0.3, -0.25) is 4.79 Å². The summed E-state index contributed by atoms with van der Waals surface area (Å²) in [6, 6.07) is 7.45. The SMILES string of the molecule is O=C(CN1CCN(Cc2cccc(Cl)c2)C1=O)NCC1CCCCC1. The van der Waals surface area contributed by atoms with Crippen LogP contribution in [0.1, 0.15) is 37.7 Å².